The molecule has 1 aromatic rings. The van der Waals surface area contributed by atoms with E-state index in [1.807, 2.05) is 0 Å². The highest BCUT2D eigenvalue weighted by atomic mass is 16.1. The van der Waals surface area contributed by atoms with Crippen molar-refractivity contribution in [2.24, 2.45) is 0 Å². The normalized spacial score (nSPS) is 18.4. The molecule has 1 aromatic carbocycles. The van der Waals surface area contributed by atoms with E-state index < -0.39 is 0 Å². The number of amides is 1. The highest BCUT2D eigenvalue weighted by Crippen LogP contribution is 2.26. The van der Waals surface area contributed by atoms with E-state index in [-0.39, 0.29) is 5.91 Å². The largest absolute Gasteiger partial charge is 0.384 e. The number of carbonyl (C=O) groups is 1. The molecule has 0 saturated heterocycles. The first kappa shape index (κ1) is 11.6. The summed E-state index contributed by atoms with van der Waals surface area (Å²) in [5.41, 5.74) is 3.68. The van der Waals surface area contributed by atoms with Gasteiger partial charge in [0, 0.05) is 18.3 Å². The monoisotopic (exact) mass is 244 g/mol. The van der Waals surface area contributed by atoms with Crippen LogP contribution in [0.5, 0.6) is 0 Å². The summed E-state index contributed by atoms with van der Waals surface area (Å²) >= 11 is 0. The van der Waals surface area contributed by atoms with Crippen molar-refractivity contribution >= 4 is 11.6 Å². The van der Waals surface area contributed by atoms with Gasteiger partial charge in [-0.2, -0.15) is 0 Å². The van der Waals surface area contributed by atoms with Gasteiger partial charge in [-0.1, -0.05) is 31.0 Å². The Hall–Kier alpha value is -1.51. The van der Waals surface area contributed by atoms with Crippen molar-refractivity contribution in [1.29, 1.82) is 0 Å². The quantitative estimate of drug-likeness (QED) is 0.856. The van der Waals surface area contributed by atoms with Gasteiger partial charge in [0.15, 0.2) is 0 Å². The maximum absolute atomic E-state index is 12.0. The zero-order valence-corrected chi connectivity index (χ0v) is 10.7. The van der Waals surface area contributed by atoms with Crippen LogP contribution in [0, 0.1) is 0 Å². The zero-order valence-electron chi connectivity index (χ0n) is 10.7. The van der Waals surface area contributed by atoms with Crippen LogP contribution in [0.15, 0.2) is 18.2 Å². The Morgan fingerprint density at radius 1 is 1.33 bits per heavy atom. The molecule has 1 amide bonds. The van der Waals surface area contributed by atoms with Crippen LogP contribution >= 0.6 is 0 Å². The van der Waals surface area contributed by atoms with Gasteiger partial charge in [0.1, 0.15) is 0 Å². The number of hydrogen-bond donors (Lipinski definition) is 2. The lowest BCUT2D eigenvalue weighted by Gasteiger charge is -2.13. The average molecular weight is 244 g/mol. The van der Waals surface area contributed by atoms with E-state index in [1.54, 1.807) is 0 Å². The molecule has 1 aliphatic heterocycles. The number of para-hydroxylation sites is 1. The van der Waals surface area contributed by atoms with Gasteiger partial charge in [-0.3, -0.25) is 4.79 Å². The van der Waals surface area contributed by atoms with Crippen LogP contribution in [0.1, 0.15) is 36.8 Å². The van der Waals surface area contributed by atoms with Crippen LogP contribution in [0.25, 0.3) is 0 Å². The number of fused-ring (bicyclic) bond motifs is 1. The number of anilines is 1. The maximum atomic E-state index is 12.0. The molecule has 1 saturated carbocycles. The van der Waals surface area contributed by atoms with Gasteiger partial charge >= 0.3 is 0 Å². The van der Waals surface area contributed by atoms with E-state index in [0.29, 0.717) is 12.5 Å². The van der Waals surface area contributed by atoms with E-state index >= 15 is 0 Å². The number of carbonyl (C=O) groups excluding carboxylic acids is 1. The Labute approximate surface area is 108 Å². The molecule has 18 heavy (non-hydrogen) atoms. The number of benzene rings is 1. The fourth-order valence-electron chi connectivity index (χ4n) is 3.08. The lowest BCUT2D eigenvalue weighted by molar-refractivity contribution is -0.121. The summed E-state index contributed by atoms with van der Waals surface area (Å²) < 4.78 is 0. The summed E-state index contributed by atoms with van der Waals surface area (Å²) in [6, 6.07) is 6.69. The molecular formula is C15H20N2O. The minimum atomic E-state index is 0.170. The summed E-state index contributed by atoms with van der Waals surface area (Å²) in [4.78, 5) is 12.0. The van der Waals surface area contributed by atoms with E-state index in [0.717, 1.165) is 31.4 Å². The van der Waals surface area contributed by atoms with Crippen LogP contribution < -0.4 is 10.6 Å². The maximum Gasteiger partial charge on any atom is 0.224 e. The van der Waals surface area contributed by atoms with Gasteiger partial charge in [-0.05, 0) is 30.4 Å². The van der Waals surface area contributed by atoms with Crippen LogP contribution in [0.2, 0.25) is 0 Å². The summed E-state index contributed by atoms with van der Waals surface area (Å²) in [5, 5.41) is 6.54. The highest BCUT2D eigenvalue weighted by Gasteiger charge is 2.19. The number of nitrogens with one attached hydrogen (secondary N) is 2. The second kappa shape index (κ2) is 5.01. The molecule has 0 spiro atoms. The third kappa shape index (κ3) is 2.35. The SMILES string of the molecule is O=C(Cc1cccc2c1NCC2)NC1CCCC1. The highest BCUT2D eigenvalue weighted by molar-refractivity contribution is 5.81. The van der Waals surface area contributed by atoms with Gasteiger partial charge in [-0.15, -0.1) is 0 Å². The number of rotatable bonds is 3. The Kier molecular flexibility index (Phi) is 3.22. The fourth-order valence-corrected chi connectivity index (χ4v) is 3.08. The van der Waals surface area contributed by atoms with Crippen molar-refractivity contribution in [1.82, 2.24) is 5.32 Å². The molecule has 3 rings (SSSR count). The molecule has 1 heterocycles. The zero-order chi connectivity index (χ0) is 12.4. The van der Waals surface area contributed by atoms with Gasteiger partial charge in [0.05, 0.1) is 6.42 Å². The summed E-state index contributed by atoms with van der Waals surface area (Å²) in [6.07, 6.45) is 6.40. The first-order valence-corrected chi connectivity index (χ1v) is 6.97. The van der Waals surface area contributed by atoms with E-state index in [2.05, 4.69) is 28.8 Å². The Morgan fingerprint density at radius 2 is 2.17 bits per heavy atom. The third-order valence-electron chi connectivity index (χ3n) is 4.00. The van der Waals surface area contributed by atoms with E-state index in [4.69, 9.17) is 0 Å². The van der Waals surface area contributed by atoms with Crippen molar-refractivity contribution < 1.29 is 4.79 Å². The second-order valence-corrected chi connectivity index (χ2v) is 5.35. The lowest BCUT2D eigenvalue weighted by Crippen LogP contribution is -2.33. The molecule has 1 fully saturated rings. The van der Waals surface area contributed by atoms with Crippen molar-refractivity contribution in [3.05, 3.63) is 29.3 Å². The third-order valence-corrected chi connectivity index (χ3v) is 4.00. The molecule has 0 bridgehead atoms. The molecule has 0 aromatic heterocycles. The van der Waals surface area contributed by atoms with Gasteiger partial charge in [0.2, 0.25) is 5.91 Å². The summed E-state index contributed by atoms with van der Waals surface area (Å²) in [6.45, 7) is 0.997. The smallest absolute Gasteiger partial charge is 0.224 e. The lowest BCUT2D eigenvalue weighted by atomic mass is 10.0. The number of hydrogen-bond acceptors (Lipinski definition) is 2. The molecule has 2 aliphatic rings. The Bertz CT molecular complexity index is 450. The van der Waals surface area contributed by atoms with Crippen molar-refractivity contribution in [3.8, 4) is 0 Å². The van der Waals surface area contributed by atoms with Crippen molar-refractivity contribution in [2.45, 2.75) is 44.6 Å². The molecule has 3 heteroatoms. The standard InChI is InChI=1S/C15H20N2O/c18-14(17-13-6-1-2-7-13)10-12-5-3-4-11-8-9-16-15(11)12/h3-5,13,16H,1-2,6-10H2,(H,17,18). The van der Waals surface area contributed by atoms with Crippen LogP contribution in [0.4, 0.5) is 5.69 Å². The molecule has 3 nitrogen and oxygen atoms in total. The van der Waals surface area contributed by atoms with Crippen LogP contribution in [0.3, 0.4) is 0 Å². The van der Waals surface area contributed by atoms with Crippen LogP contribution in [-0.2, 0) is 17.6 Å². The van der Waals surface area contributed by atoms with Crippen molar-refractivity contribution in [3.63, 3.8) is 0 Å². The molecule has 1 aliphatic carbocycles. The average Bonchev–Trinajstić information content (AvgIpc) is 2.99. The molecular weight excluding hydrogens is 224 g/mol. The summed E-state index contributed by atoms with van der Waals surface area (Å²) in [7, 11) is 0. The minimum absolute atomic E-state index is 0.170. The molecule has 0 unspecified atom stereocenters. The van der Waals surface area contributed by atoms with Gasteiger partial charge in [0.25, 0.3) is 0 Å². The molecule has 0 atom stereocenters. The molecule has 0 radical (unpaired) electrons. The predicted octanol–water partition coefficient (Wildman–Crippen LogP) is 2.26. The van der Waals surface area contributed by atoms with Gasteiger partial charge < -0.3 is 10.6 Å². The first-order chi connectivity index (χ1) is 8.83. The van der Waals surface area contributed by atoms with E-state index in [1.165, 1.54) is 24.1 Å². The summed E-state index contributed by atoms with van der Waals surface area (Å²) in [5.74, 6) is 0.170. The predicted molar refractivity (Wildman–Crippen MR) is 72.7 cm³/mol. The van der Waals surface area contributed by atoms with Crippen LogP contribution in [-0.4, -0.2) is 18.5 Å². The Morgan fingerprint density at radius 3 is 3.00 bits per heavy atom. The fraction of sp³-hybridized carbons (Fsp3) is 0.533. The molecule has 96 valence electrons. The van der Waals surface area contributed by atoms with Gasteiger partial charge in [-0.25, -0.2) is 0 Å². The second-order valence-electron chi connectivity index (χ2n) is 5.35. The first-order valence-electron chi connectivity index (χ1n) is 6.97. The van der Waals surface area contributed by atoms with Crippen molar-refractivity contribution in [2.75, 3.05) is 11.9 Å². The Balaban J connectivity index is 1.65. The molecule has 2 N–H and O–H groups in total. The minimum Gasteiger partial charge on any atom is -0.384 e. The topological polar surface area (TPSA) is 41.1 Å². The van der Waals surface area contributed by atoms with E-state index in [9.17, 15) is 4.79 Å².